The lowest BCUT2D eigenvalue weighted by molar-refractivity contribution is -0.168. The molecule has 0 spiro atoms. The first-order valence-electron chi connectivity index (χ1n) is 8.12. The Morgan fingerprint density at radius 2 is 1.67 bits per heavy atom. The third-order valence-corrected chi connectivity index (χ3v) is 5.12. The van der Waals surface area contributed by atoms with Gasteiger partial charge in [0.1, 0.15) is 0 Å². The molecule has 7 nitrogen and oxygen atoms in total. The summed E-state index contributed by atoms with van der Waals surface area (Å²) in [6, 6.07) is 0. The van der Waals surface area contributed by atoms with Gasteiger partial charge in [-0.05, 0) is 32.5 Å². The third kappa shape index (κ3) is 3.24. The van der Waals surface area contributed by atoms with Crippen LogP contribution in [0.25, 0.3) is 0 Å². The number of piperidine rings is 2. The van der Waals surface area contributed by atoms with Gasteiger partial charge in [-0.25, -0.2) is 4.79 Å². The lowest BCUT2D eigenvalue weighted by Crippen LogP contribution is -2.70. The Morgan fingerprint density at radius 3 is 2.12 bits per heavy atom. The number of methoxy groups -OCH3 is 1. The van der Waals surface area contributed by atoms with Gasteiger partial charge in [0.2, 0.25) is 0 Å². The van der Waals surface area contributed by atoms with Crippen molar-refractivity contribution in [3.8, 4) is 0 Å². The van der Waals surface area contributed by atoms with Gasteiger partial charge in [0.15, 0.2) is 10.9 Å². The smallest absolute Gasteiger partial charge is 0.396 e. The number of ketones is 1. The second kappa shape index (κ2) is 6.66. The van der Waals surface area contributed by atoms with E-state index in [4.69, 9.17) is 12.2 Å². The van der Waals surface area contributed by atoms with Gasteiger partial charge in [0.25, 0.3) is 0 Å². The van der Waals surface area contributed by atoms with E-state index < -0.39 is 22.7 Å². The summed E-state index contributed by atoms with van der Waals surface area (Å²) in [5.41, 5.74) is -1.51. The van der Waals surface area contributed by atoms with E-state index in [0.29, 0.717) is 18.2 Å². The minimum absolute atomic E-state index is 0.124. The average Bonchev–Trinajstić information content (AvgIpc) is 2.53. The van der Waals surface area contributed by atoms with Gasteiger partial charge in [-0.2, -0.15) is 0 Å². The zero-order valence-corrected chi connectivity index (χ0v) is 15.5. The number of esters is 1. The highest BCUT2D eigenvalue weighted by Crippen LogP contribution is 2.42. The number of ether oxygens (including phenoxy) is 1. The lowest BCUT2D eigenvalue weighted by Gasteiger charge is -2.55. The first kappa shape index (κ1) is 18.6. The number of thiocarbonyl (C=S) groups is 1. The molecule has 0 radical (unpaired) electrons. The first-order valence-corrected chi connectivity index (χ1v) is 8.52. The normalized spacial score (nSPS) is 29.2. The van der Waals surface area contributed by atoms with E-state index in [-0.39, 0.29) is 18.9 Å². The fourth-order valence-electron chi connectivity index (χ4n) is 3.76. The summed E-state index contributed by atoms with van der Waals surface area (Å²) in [6.45, 7) is 7.76. The Morgan fingerprint density at radius 1 is 1.17 bits per heavy atom. The van der Waals surface area contributed by atoms with Crippen molar-refractivity contribution in [3.05, 3.63) is 0 Å². The average molecular weight is 355 g/mol. The molecular formula is C16H25N3O4S. The Bertz CT molecular complexity index is 558. The van der Waals surface area contributed by atoms with Gasteiger partial charge in [0, 0.05) is 32.7 Å². The van der Waals surface area contributed by atoms with Gasteiger partial charge in [-0.3, -0.25) is 9.59 Å². The number of carbonyl (C=O) groups excluding carboxylic acids is 3. The summed E-state index contributed by atoms with van der Waals surface area (Å²) in [6.07, 6.45) is 0.961. The van der Waals surface area contributed by atoms with Crippen molar-refractivity contribution < 1.29 is 19.1 Å². The van der Waals surface area contributed by atoms with E-state index in [2.05, 4.69) is 17.0 Å². The first-order chi connectivity index (χ1) is 11.2. The summed E-state index contributed by atoms with van der Waals surface area (Å²) in [5, 5.41) is 3.83. The molecular weight excluding hydrogens is 330 g/mol. The predicted molar refractivity (Wildman–Crippen MR) is 92.3 cm³/mol. The number of nitrogens with one attached hydrogen (secondary N) is 1. The molecule has 1 N–H and O–H groups in total. The summed E-state index contributed by atoms with van der Waals surface area (Å²) in [7, 11) is 1.18. The van der Waals surface area contributed by atoms with E-state index in [0.717, 1.165) is 13.0 Å². The van der Waals surface area contributed by atoms with Crippen LogP contribution in [0.1, 0.15) is 27.2 Å². The van der Waals surface area contributed by atoms with Crippen LogP contribution in [0.3, 0.4) is 0 Å². The monoisotopic (exact) mass is 355 g/mol. The summed E-state index contributed by atoms with van der Waals surface area (Å²) < 4.78 is 4.53. The maximum absolute atomic E-state index is 12.9. The molecule has 0 aliphatic carbocycles. The zero-order valence-electron chi connectivity index (χ0n) is 14.7. The van der Waals surface area contributed by atoms with E-state index in [1.54, 1.807) is 0 Å². The Kier molecular flexibility index (Phi) is 5.17. The van der Waals surface area contributed by atoms with Crippen molar-refractivity contribution in [2.45, 2.75) is 27.2 Å². The molecule has 0 aromatic carbocycles. The van der Waals surface area contributed by atoms with Gasteiger partial charge in [-0.15, -0.1) is 0 Å². The standard InChI is InChI=1S/C16H25N3O4S/c1-5-6-17-14(24)19-9-15(2)7-18(11(20)12(21)23-4)8-16(3,10-19)13(15)22/h5-10H2,1-4H3,(H,17,24)/t15-,16-/m1/s1. The number of amides is 1. The summed E-state index contributed by atoms with van der Waals surface area (Å²) in [5.74, 6) is -1.47. The van der Waals surface area contributed by atoms with Crippen LogP contribution >= 0.6 is 12.2 Å². The van der Waals surface area contributed by atoms with Crippen LogP contribution in [0.2, 0.25) is 0 Å². The Hall–Kier alpha value is -1.70. The van der Waals surface area contributed by atoms with Crippen molar-refractivity contribution >= 4 is 35.0 Å². The van der Waals surface area contributed by atoms with Crippen molar-refractivity contribution in [1.82, 2.24) is 15.1 Å². The molecule has 1 amide bonds. The molecule has 24 heavy (non-hydrogen) atoms. The van der Waals surface area contributed by atoms with Gasteiger partial charge < -0.3 is 19.9 Å². The number of hydrogen-bond donors (Lipinski definition) is 1. The summed E-state index contributed by atoms with van der Waals surface area (Å²) in [4.78, 5) is 40.1. The Balaban J connectivity index is 2.22. The van der Waals surface area contributed by atoms with Gasteiger partial charge in [-0.1, -0.05) is 6.92 Å². The second-order valence-corrected chi connectivity index (χ2v) is 7.58. The molecule has 8 heteroatoms. The van der Waals surface area contributed by atoms with Crippen LogP contribution in [0.5, 0.6) is 0 Å². The lowest BCUT2D eigenvalue weighted by atomic mass is 9.64. The summed E-state index contributed by atoms with van der Waals surface area (Å²) >= 11 is 5.45. The van der Waals surface area contributed by atoms with Crippen molar-refractivity contribution in [1.29, 1.82) is 0 Å². The number of hydrogen-bond acceptors (Lipinski definition) is 5. The largest absolute Gasteiger partial charge is 0.462 e. The molecule has 2 bridgehead atoms. The van der Waals surface area contributed by atoms with Crippen LogP contribution in [-0.2, 0) is 19.1 Å². The molecule has 0 saturated carbocycles. The van der Waals surface area contributed by atoms with Crippen LogP contribution in [0, 0.1) is 10.8 Å². The second-order valence-electron chi connectivity index (χ2n) is 7.19. The van der Waals surface area contributed by atoms with Gasteiger partial charge >= 0.3 is 11.9 Å². The van der Waals surface area contributed by atoms with Crippen molar-refractivity contribution in [2.75, 3.05) is 39.8 Å². The molecule has 2 atom stereocenters. The third-order valence-electron chi connectivity index (χ3n) is 4.72. The van der Waals surface area contributed by atoms with E-state index in [9.17, 15) is 14.4 Å². The predicted octanol–water partition coefficient (Wildman–Crippen LogP) is 0.183. The topological polar surface area (TPSA) is 78.9 Å². The van der Waals surface area contributed by atoms with E-state index in [1.165, 1.54) is 12.0 Å². The number of Topliss-reactive ketones (excluding diaryl/α,β-unsaturated/α-hetero) is 1. The van der Waals surface area contributed by atoms with E-state index >= 15 is 0 Å². The molecule has 0 unspecified atom stereocenters. The number of carbonyl (C=O) groups is 3. The zero-order chi connectivity index (χ0) is 18.1. The number of nitrogens with zero attached hydrogens (tertiary/aromatic N) is 2. The molecule has 134 valence electrons. The van der Waals surface area contributed by atoms with Crippen molar-refractivity contribution in [3.63, 3.8) is 0 Å². The van der Waals surface area contributed by atoms with Crippen LogP contribution in [0.15, 0.2) is 0 Å². The Labute approximate surface area is 147 Å². The highest BCUT2D eigenvalue weighted by atomic mass is 32.1. The molecule has 0 aromatic heterocycles. The highest BCUT2D eigenvalue weighted by Gasteiger charge is 2.57. The molecule has 2 saturated heterocycles. The fourth-order valence-corrected chi connectivity index (χ4v) is 3.99. The van der Waals surface area contributed by atoms with Crippen molar-refractivity contribution in [2.24, 2.45) is 10.8 Å². The molecule has 2 heterocycles. The molecule has 2 aliphatic rings. The quantitative estimate of drug-likeness (QED) is 0.430. The van der Waals surface area contributed by atoms with Gasteiger partial charge in [0.05, 0.1) is 17.9 Å². The van der Waals surface area contributed by atoms with Crippen LogP contribution in [-0.4, -0.2) is 72.4 Å². The maximum Gasteiger partial charge on any atom is 0.396 e. The maximum atomic E-state index is 12.9. The van der Waals surface area contributed by atoms with Crippen LogP contribution < -0.4 is 5.32 Å². The number of rotatable bonds is 2. The van der Waals surface area contributed by atoms with Crippen LogP contribution in [0.4, 0.5) is 0 Å². The minimum Gasteiger partial charge on any atom is -0.462 e. The number of likely N-dealkylation sites (tertiary alicyclic amines) is 2. The van der Waals surface area contributed by atoms with E-state index in [1.807, 2.05) is 18.7 Å². The molecule has 2 fully saturated rings. The minimum atomic E-state index is -0.897. The number of fused-ring (bicyclic) bond motifs is 2. The molecule has 2 aliphatic heterocycles. The highest BCUT2D eigenvalue weighted by molar-refractivity contribution is 7.80. The molecule has 2 rings (SSSR count). The fraction of sp³-hybridized carbons (Fsp3) is 0.750. The molecule has 0 aromatic rings. The SMILES string of the molecule is CCCNC(=S)N1C[C@@]2(C)CN(C(=O)C(=O)OC)C[C@](C)(C1)C2=O.